The predicted molar refractivity (Wildman–Crippen MR) is 79.2 cm³/mol. The summed E-state index contributed by atoms with van der Waals surface area (Å²) < 4.78 is 0.944. The van der Waals surface area contributed by atoms with Crippen molar-refractivity contribution >= 4 is 15.9 Å². The number of likely N-dealkylation sites (tertiary alicyclic amines) is 1. The average molecular weight is 329 g/mol. The second-order valence-corrected chi connectivity index (χ2v) is 5.98. The minimum Gasteiger partial charge on any atom is -0.508 e. The second kappa shape index (κ2) is 7.24. The zero-order valence-corrected chi connectivity index (χ0v) is 12.6. The van der Waals surface area contributed by atoms with Crippen molar-refractivity contribution in [1.29, 1.82) is 0 Å². The van der Waals surface area contributed by atoms with Crippen molar-refractivity contribution in [3.8, 4) is 5.75 Å². The Balaban J connectivity index is 1.71. The number of phenolic OH excluding ortho intramolecular Hbond substituents is 1. The van der Waals surface area contributed by atoms with Gasteiger partial charge in [0.2, 0.25) is 0 Å². The van der Waals surface area contributed by atoms with Crippen LogP contribution in [0.4, 0.5) is 0 Å². The van der Waals surface area contributed by atoms with Crippen LogP contribution in [0.2, 0.25) is 0 Å². The van der Waals surface area contributed by atoms with Gasteiger partial charge in [-0.2, -0.15) is 0 Å². The number of hydrogen-bond acceptors (Lipinski definition) is 4. The highest BCUT2D eigenvalue weighted by Gasteiger charge is 2.15. The van der Waals surface area contributed by atoms with Gasteiger partial charge in [-0.05, 0) is 44.1 Å². The van der Waals surface area contributed by atoms with E-state index in [1.807, 2.05) is 6.07 Å². The van der Waals surface area contributed by atoms with Gasteiger partial charge in [-0.25, -0.2) is 0 Å². The predicted octanol–water partition coefficient (Wildman–Crippen LogP) is 1.70. The minimum atomic E-state index is -0.354. The molecule has 1 saturated heterocycles. The van der Waals surface area contributed by atoms with Crippen molar-refractivity contribution in [2.45, 2.75) is 25.5 Å². The standard InChI is InChI=1S/C14H21BrN2O2/c15-12-3-4-14(19)11(7-12)8-16-9-13(18)10-17-5-1-2-6-17/h3-4,7,13,16,18-19H,1-2,5-6,8-10H2. The molecule has 0 spiro atoms. The number of nitrogens with one attached hydrogen (secondary N) is 1. The van der Waals surface area contributed by atoms with E-state index in [4.69, 9.17) is 0 Å². The lowest BCUT2D eigenvalue weighted by Crippen LogP contribution is -2.36. The van der Waals surface area contributed by atoms with Gasteiger partial charge in [-0.3, -0.25) is 0 Å². The molecule has 0 saturated carbocycles. The number of β-amino-alcohol motifs (C(OH)–C–C–N with tert-alkyl or cyclic N) is 1. The van der Waals surface area contributed by atoms with E-state index < -0.39 is 0 Å². The monoisotopic (exact) mass is 328 g/mol. The lowest BCUT2D eigenvalue weighted by molar-refractivity contribution is 0.123. The molecule has 1 atom stereocenters. The largest absolute Gasteiger partial charge is 0.508 e. The van der Waals surface area contributed by atoms with Crippen molar-refractivity contribution in [2.24, 2.45) is 0 Å². The Hall–Kier alpha value is -0.620. The number of aliphatic hydroxyl groups excluding tert-OH is 1. The summed E-state index contributed by atoms with van der Waals surface area (Å²) in [7, 11) is 0. The molecule has 1 aromatic rings. The van der Waals surface area contributed by atoms with Gasteiger partial charge >= 0.3 is 0 Å². The van der Waals surface area contributed by atoms with E-state index >= 15 is 0 Å². The summed E-state index contributed by atoms with van der Waals surface area (Å²) in [6, 6.07) is 5.36. The lowest BCUT2D eigenvalue weighted by Gasteiger charge is -2.19. The topological polar surface area (TPSA) is 55.7 Å². The third kappa shape index (κ3) is 4.76. The second-order valence-electron chi connectivity index (χ2n) is 5.07. The number of hydrogen-bond donors (Lipinski definition) is 3. The summed E-state index contributed by atoms with van der Waals surface area (Å²) in [6.07, 6.45) is 2.13. The van der Waals surface area contributed by atoms with Gasteiger partial charge in [0.05, 0.1) is 6.10 Å². The van der Waals surface area contributed by atoms with Gasteiger partial charge in [-0.1, -0.05) is 15.9 Å². The molecule has 0 aromatic heterocycles. The Morgan fingerprint density at radius 1 is 1.32 bits per heavy atom. The summed E-state index contributed by atoms with van der Waals surface area (Å²) in [5.41, 5.74) is 0.836. The molecule has 4 nitrogen and oxygen atoms in total. The first-order valence-corrected chi connectivity index (χ1v) is 7.53. The van der Waals surface area contributed by atoms with Gasteiger partial charge in [0.1, 0.15) is 5.75 Å². The number of rotatable bonds is 6. The highest BCUT2D eigenvalue weighted by atomic mass is 79.9. The van der Waals surface area contributed by atoms with Crippen molar-refractivity contribution in [2.75, 3.05) is 26.2 Å². The van der Waals surface area contributed by atoms with Crippen LogP contribution in [0.1, 0.15) is 18.4 Å². The van der Waals surface area contributed by atoms with E-state index in [0.717, 1.165) is 29.7 Å². The maximum atomic E-state index is 9.94. The molecule has 19 heavy (non-hydrogen) atoms. The van der Waals surface area contributed by atoms with Gasteiger partial charge < -0.3 is 20.4 Å². The molecule has 2 rings (SSSR count). The highest BCUT2D eigenvalue weighted by Crippen LogP contribution is 2.21. The van der Waals surface area contributed by atoms with E-state index in [9.17, 15) is 10.2 Å². The van der Waals surface area contributed by atoms with E-state index in [2.05, 4.69) is 26.1 Å². The van der Waals surface area contributed by atoms with Crippen LogP contribution in [0.15, 0.2) is 22.7 Å². The molecule has 1 heterocycles. The van der Waals surface area contributed by atoms with Gasteiger partial charge in [0, 0.05) is 29.7 Å². The molecular formula is C14H21BrN2O2. The van der Waals surface area contributed by atoms with Crippen LogP contribution in [-0.2, 0) is 6.54 Å². The van der Waals surface area contributed by atoms with Crippen molar-refractivity contribution in [1.82, 2.24) is 10.2 Å². The maximum Gasteiger partial charge on any atom is 0.120 e. The average Bonchev–Trinajstić information content (AvgIpc) is 2.86. The quantitative estimate of drug-likeness (QED) is 0.744. The zero-order valence-electron chi connectivity index (χ0n) is 11.0. The third-order valence-corrected chi connectivity index (χ3v) is 3.90. The Morgan fingerprint density at radius 3 is 2.79 bits per heavy atom. The number of benzene rings is 1. The Bertz CT molecular complexity index is 408. The number of aliphatic hydroxyl groups is 1. The summed E-state index contributed by atoms with van der Waals surface area (Å²) in [6.45, 7) is 4.04. The van der Waals surface area contributed by atoms with E-state index in [1.165, 1.54) is 12.8 Å². The summed E-state index contributed by atoms with van der Waals surface area (Å²) in [5.74, 6) is 0.282. The Morgan fingerprint density at radius 2 is 2.05 bits per heavy atom. The van der Waals surface area contributed by atoms with Crippen LogP contribution in [0.3, 0.4) is 0 Å². The van der Waals surface area contributed by atoms with Crippen LogP contribution in [0.5, 0.6) is 5.75 Å². The smallest absolute Gasteiger partial charge is 0.120 e. The first-order chi connectivity index (χ1) is 9.15. The molecule has 3 N–H and O–H groups in total. The third-order valence-electron chi connectivity index (χ3n) is 3.40. The summed E-state index contributed by atoms with van der Waals surface area (Å²) in [5, 5.41) is 22.8. The van der Waals surface area contributed by atoms with Crippen LogP contribution >= 0.6 is 15.9 Å². The molecule has 1 fully saturated rings. The van der Waals surface area contributed by atoms with Crippen LogP contribution < -0.4 is 5.32 Å². The van der Waals surface area contributed by atoms with Crippen LogP contribution in [0.25, 0.3) is 0 Å². The van der Waals surface area contributed by atoms with Gasteiger partial charge in [0.15, 0.2) is 0 Å². The van der Waals surface area contributed by atoms with Gasteiger partial charge in [0.25, 0.3) is 0 Å². The normalized spacial score (nSPS) is 17.8. The molecule has 106 valence electrons. The van der Waals surface area contributed by atoms with E-state index in [1.54, 1.807) is 12.1 Å². The zero-order chi connectivity index (χ0) is 13.7. The van der Waals surface area contributed by atoms with Crippen molar-refractivity contribution in [3.63, 3.8) is 0 Å². The molecule has 1 aromatic carbocycles. The number of aromatic hydroxyl groups is 1. The summed E-state index contributed by atoms with van der Waals surface area (Å²) >= 11 is 3.38. The number of phenols is 1. The fourth-order valence-electron chi connectivity index (χ4n) is 2.40. The first-order valence-electron chi connectivity index (χ1n) is 6.73. The lowest BCUT2D eigenvalue weighted by atomic mass is 10.2. The maximum absolute atomic E-state index is 9.94. The first kappa shape index (κ1) is 14.8. The minimum absolute atomic E-state index is 0.282. The van der Waals surface area contributed by atoms with E-state index in [-0.39, 0.29) is 11.9 Å². The highest BCUT2D eigenvalue weighted by molar-refractivity contribution is 9.10. The Labute approximate surface area is 122 Å². The fourth-order valence-corrected chi connectivity index (χ4v) is 2.81. The molecule has 5 heteroatoms. The van der Waals surface area contributed by atoms with E-state index in [0.29, 0.717) is 13.1 Å². The van der Waals surface area contributed by atoms with Crippen LogP contribution in [-0.4, -0.2) is 47.4 Å². The molecule has 0 amide bonds. The van der Waals surface area contributed by atoms with Crippen molar-refractivity contribution in [3.05, 3.63) is 28.2 Å². The fraction of sp³-hybridized carbons (Fsp3) is 0.571. The number of nitrogens with zero attached hydrogens (tertiary/aromatic N) is 1. The van der Waals surface area contributed by atoms with Gasteiger partial charge in [-0.15, -0.1) is 0 Å². The number of halogens is 1. The van der Waals surface area contributed by atoms with Crippen molar-refractivity contribution < 1.29 is 10.2 Å². The molecule has 1 aliphatic rings. The SMILES string of the molecule is Oc1ccc(Br)cc1CNCC(O)CN1CCCC1. The molecule has 0 bridgehead atoms. The molecule has 1 unspecified atom stereocenters. The van der Waals surface area contributed by atoms with Crippen LogP contribution in [0, 0.1) is 0 Å². The molecule has 1 aliphatic heterocycles. The molecule has 0 radical (unpaired) electrons. The molecular weight excluding hydrogens is 308 g/mol. The molecule has 0 aliphatic carbocycles. The Kier molecular flexibility index (Phi) is 5.63. The summed E-state index contributed by atoms with van der Waals surface area (Å²) in [4.78, 5) is 2.29.